The van der Waals surface area contributed by atoms with Gasteiger partial charge in [0.15, 0.2) is 0 Å². The van der Waals surface area contributed by atoms with E-state index in [1.807, 2.05) is 0 Å². The normalized spacial score (nSPS) is 56.8. The van der Waals surface area contributed by atoms with E-state index in [1.54, 1.807) is 7.11 Å². The van der Waals surface area contributed by atoms with Gasteiger partial charge in [0.25, 0.3) is 0 Å². The third-order valence-corrected chi connectivity index (χ3v) is 10.5. The number of fused-ring (bicyclic) bond motifs is 2. The van der Waals surface area contributed by atoms with Crippen molar-refractivity contribution in [1.82, 2.24) is 0 Å². The first-order valence-electron chi connectivity index (χ1n) is 10.8. The highest BCUT2D eigenvalue weighted by Gasteiger charge is 2.92. The number of rotatable bonds is 2. The second-order valence-electron chi connectivity index (χ2n) is 11.1. The van der Waals surface area contributed by atoms with Crippen molar-refractivity contribution in [2.75, 3.05) is 7.11 Å². The molecule has 1 spiro atoms. The second-order valence-corrected chi connectivity index (χ2v) is 11.1. The minimum absolute atomic E-state index is 0.00709. The van der Waals surface area contributed by atoms with Crippen LogP contribution in [0.5, 0.6) is 0 Å². The third kappa shape index (κ3) is 1.46. The van der Waals surface area contributed by atoms with Gasteiger partial charge in [0, 0.05) is 12.3 Å². The molecule has 5 aliphatic rings. The predicted molar refractivity (Wildman–Crippen MR) is 99.2 cm³/mol. The monoisotopic (exact) mass is 358 g/mol. The maximum Gasteiger partial charge on any atom is 0.311 e. The molecule has 5 aliphatic carbocycles. The molecule has 3 heteroatoms. The number of ether oxygens (including phenoxy) is 1. The Hall–Kier alpha value is -0.860. The third-order valence-electron chi connectivity index (χ3n) is 10.5. The van der Waals surface area contributed by atoms with Gasteiger partial charge in [-0.25, -0.2) is 0 Å². The van der Waals surface area contributed by atoms with Gasteiger partial charge in [-0.3, -0.25) is 9.59 Å². The molecule has 0 unspecified atom stereocenters. The number of carbonyl (C=O) groups is 2. The molecular formula is C23H34O3. The van der Waals surface area contributed by atoms with Crippen molar-refractivity contribution in [2.24, 2.45) is 51.2 Å². The van der Waals surface area contributed by atoms with Gasteiger partial charge in [0.05, 0.1) is 12.5 Å². The lowest BCUT2D eigenvalue weighted by Gasteiger charge is -2.59. The average molecular weight is 359 g/mol. The first-order chi connectivity index (χ1) is 12.2. The average Bonchev–Trinajstić information content (AvgIpc) is 2.98. The van der Waals surface area contributed by atoms with E-state index in [4.69, 9.17) is 4.74 Å². The van der Waals surface area contributed by atoms with Crippen LogP contribution in [-0.4, -0.2) is 18.9 Å². The van der Waals surface area contributed by atoms with Crippen LogP contribution in [0.2, 0.25) is 0 Å². The maximum absolute atomic E-state index is 12.9. The number of methoxy groups -OCH3 is 1. The lowest BCUT2D eigenvalue weighted by atomic mass is 9.45. The number of Topliss-reactive ketones (excluding diaryl/α,β-unsaturated/α-hetero) is 1. The lowest BCUT2D eigenvalue weighted by molar-refractivity contribution is -0.175. The van der Waals surface area contributed by atoms with Crippen molar-refractivity contribution in [1.29, 1.82) is 0 Å². The molecule has 0 aromatic carbocycles. The summed E-state index contributed by atoms with van der Waals surface area (Å²) in [4.78, 5) is 25.7. The molecule has 8 atom stereocenters. The van der Waals surface area contributed by atoms with Crippen LogP contribution in [0.3, 0.4) is 0 Å². The quantitative estimate of drug-likeness (QED) is 0.676. The Balaban J connectivity index is 1.60. The molecule has 0 bridgehead atoms. The van der Waals surface area contributed by atoms with Crippen LogP contribution in [-0.2, 0) is 14.3 Å². The Morgan fingerprint density at radius 3 is 2.50 bits per heavy atom. The Bertz CT molecular complexity index is 698. The molecule has 0 N–H and O–H groups in total. The molecule has 0 radical (unpaired) electrons. The fourth-order valence-corrected chi connectivity index (χ4v) is 10.2. The van der Waals surface area contributed by atoms with Crippen molar-refractivity contribution < 1.29 is 14.3 Å². The SMILES string of the molecule is COC(=O)[C@]1(C)CCC[C@]2(C)[C@H]3C[C@@H]4CC(=O)[C@@H]5[C@@]3(CC[C@H]21)[C@]45C(C)C. The summed E-state index contributed by atoms with van der Waals surface area (Å²) in [5.41, 5.74) is 0.403. The van der Waals surface area contributed by atoms with Crippen LogP contribution in [0, 0.1) is 51.2 Å². The molecule has 0 aromatic heterocycles. The van der Waals surface area contributed by atoms with Crippen LogP contribution in [0.25, 0.3) is 0 Å². The molecule has 0 heterocycles. The van der Waals surface area contributed by atoms with Gasteiger partial charge < -0.3 is 4.74 Å². The molecule has 0 aromatic rings. The number of esters is 1. The van der Waals surface area contributed by atoms with E-state index in [1.165, 1.54) is 12.8 Å². The molecule has 5 rings (SSSR count). The highest BCUT2D eigenvalue weighted by molar-refractivity contribution is 5.91. The minimum Gasteiger partial charge on any atom is -0.469 e. The Morgan fingerprint density at radius 2 is 1.88 bits per heavy atom. The van der Waals surface area contributed by atoms with E-state index >= 15 is 0 Å². The number of hydrogen-bond acceptors (Lipinski definition) is 3. The van der Waals surface area contributed by atoms with Gasteiger partial charge in [0.1, 0.15) is 5.78 Å². The zero-order valence-corrected chi connectivity index (χ0v) is 17.1. The molecule has 5 saturated carbocycles. The van der Waals surface area contributed by atoms with E-state index in [0.29, 0.717) is 40.8 Å². The largest absolute Gasteiger partial charge is 0.469 e. The summed E-state index contributed by atoms with van der Waals surface area (Å²) in [5.74, 6) is 3.14. The maximum atomic E-state index is 12.9. The smallest absolute Gasteiger partial charge is 0.311 e. The van der Waals surface area contributed by atoms with Crippen LogP contribution in [0.4, 0.5) is 0 Å². The van der Waals surface area contributed by atoms with Crippen LogP contribution >= 0.6 is 0 Å². The fourth-order valence-electron chi connectivity index (χ4n) is 10.2. The highest BCUT2D eigenvalue weighted by atomic mass is 16.5. The van der Waals surface area contributed by atoms with Crippen molar-refractivity contribution in [3.63, 3.8) is 0 Å². The molecule has 0 aliphatic heterocycles. The number of hydrogen-bond donors (Lipinski definition) is 0. The van der Waals surface area contributed by atoms with Gasteiger partial charge >= 0.3 is 5.97 Å². The van der Waals surface area contributed by atoms with E-state index in [-0.39, 0.29) is 22.2 Å². The van der Waals surface area contributed by atoms with Crippen molar-refractivity contribution >= 4 is 11.8 Å². The van der Waals surface area contributed by atoms with Gasteiger partial charge in [-0.2, -0.15) is 0 Å². The molecular weight excluding hydrogens is 324 g/mol. The lowest BCUT2D eigenvalue weighted by Crippen LogP contribution is -2.55. The molecule has 26 heavy (non-hydrogen) atoms. The summed E-state index contributed by atoms with van der Waals surface area (Å²) in [7, 11) is 1.54. The standard InChI is InChI=1S/C23H34O3/c1-13(2)23-14-11-15(24)18(23)22(23)10-7-16-20(3,17(22)12-14)8-6-9-21(16,4)19(25)26-5/h13-14,16-18H,6-12H2,1-5H3/t14-,16+,17+,18+,20-,21+,22-,23+/m0/s1. The van der Waals surface area contributed by atoms with Crippen LogP contribution in [0.15, 0.2) is 0 Å². The van der Waals surface area contributed by atoms with Gasteiger partial charge in [-0.1, -0.05) is 27.2 Å². The van der Waals surface area contributed by atoms with E-state index in [9.17, 15) is 9.59 Å². The van der Waals surface area contributed by atoms with Crippen molar-refractivity contribution in [3.8, 4) is 0 Å². The van der Waals surface area contributed by atoms with Crippen molar-refractivity contribution in [3.05, 3.63) is 0 Å². The zero-order valence-electron chi connectivity index (χ0n) is 17.1. The van der Waals surface area contributed by atoms with Crippen LogP contribution in [0.1, 0.15) is 72.6 Å². The summed E-state index contributed by atoms with van der Waals surface area (Å²) in [5, 5.41) is 0. The molecule has 144 valence electrons. The van der Waals surface area contributed by atoms with Gasteiger partial charge in [-0.05, 0) is 78.9 Å². The molecule has 3 nitrogen and oxygen atoms in total. The highest BCUT2D eigenvalue weighted by Crippen LogP contribution is 2.93. The van der Waals surface area contributed by atoms with Gasteiger partial charge in [0.2, 0.25) is 0 Å². The summed E-state index contributed by atoms with van der Waals surface area (Å²) >= 11 is 0. The van der Waals surface area contributed by atoms with E-state index in [2.05, 4.69) is 27.7 Å². The summed E-state index contributed by atoms with van der Waals surface area (Å²) in [6.07, 6.45) is 7.61. The van der Waals surface area contributed by atoms with Gasteiger partial charge in [-0.15, -0.1) is 0 Å². The first kappa shape index (κ1) is 17.3. The topological polar surface area (TPSA) is 43.4 Å². The minimum atomic E-state index is -0.343. The molecule has 0 amide bonds. The summed E-state index contributed by atoms with van der Waals surface area (Å²) < 4.78 is 5.27. The zero-order chi connectivity index (χ0) is 18.7. The molecule has 0 saturated heterocycles. The van der Waals surface area contributed by atoms with E-state index in [0.717, 1.165) is 32.1 Å². The van der Waals surface area contributed by atoms with Crippen molar-refractivity contribution in [2.45, 2.75) is 72.6 Å². The Kier molecular flexibility index (Phi) is 3.16. The summed E-state index contributed by atoms with van der Waals surface area (Å²) in [6, 6.07) is 0. The first-order valence-corrected chi connectivity index (χ1v) is 10.8. The fraction of sp³-hybridized carbons (Fsp3) is 0.913. The molecule has 5 fully saturated rings. The second kappa shape index (κ2) is 4.75. The number of carbonyl (C=O) groups excluding carboxylic acids is 2. The predicted octanol–water partition coefficient (Wildman–Crippen LogP) is 4.63. The Morgan fingerprint density at radius 1 is 1.15 bits per heavy atom. The Labute approximate surface area is 157 Å². The van der Waals surface area contributed by atoms with Crippen LogP contribution < -0.4 is 0 Å². The number of ketones is 1. The summed E-state index contributed by atoms with van der Waals surface area (Å²) in [6.45, 7) is 9.37. The van der Waals surface area contributed by atoms with E-state index < -0.39 is 0 Å².